The highest BCUT2D eigenvalue weighted by Gasteiger charge is 2.06. The lowest BCUT2D eigenvalue weighted by Gasteiger charge is -2.21. The fourth-order valence-electron chi connectivity index (χ4n) is 1.55. The Balaban J connectivity index is 2.57. The SMILES string of the molecule is CCN(CCOC)c1cnc(CNC(C)C)cn1. The van der Waals surface area contributed by atoms with E-state index in [2.05, 4.69) is 41.0 Å². The van der Waals surface area contributed by atoms with Crippen LogP contribution in [0.4, 0.5) is 5.82 Å². The molecule has 18 heavy (non-hydrogen) atoms. The second-order valence-electron chi connectivity index (χ2n) is 4.47. The van der Waals surface area contributed by atoms with Gasteiger partial charge in [-0.3, -0.25) is 4.98 Å². The van der Waals surface area contributed by atoms with Crippen molar-refractivity contribution in [2.24, 2.45) is 0 Å². The summed E-state index contributed by atoms with van der Waals surface area (Å²) in [6, 6.07) is 0.459. The van der Waals surface area contributed by atoms with Crippen molar-refractivity contribution in [2.75, 3.05) is 31.7 Å². The summed E-state index contributed by atoms with van der Waals surface area (Å²) in [5, 5.41) is 3.32. The first-order valence-electron chi connectivity index (χ1n) is 6.45. The van der Waals surface area contributed by atoms with Crippen LogP contribution in [0.2, 0.25) is 0 Å². The van der Waals surface area contributed by atoms with Crippen molar-refractivity contribution in [1.82, 2.24) is 15.3 Å². The Hall–Kier alpha value is -1.20. The standard InChI is InChI=1S/C13H24N4O/c1-5-17(6-7-18-4)13-10-15-12(9-16-13)8-14-11(2)3/h9-11,14H,5-8H2,1-4H3. The maximum Gasteiger partial charge on any atom is 0.147 e. The Kier molecular flexibility index (Phi) is 6.60. The molecule has 0 saturated heterocycles. The van der Waals surface area contributed by atoms with E-state index in [9.17, 15) is 0 Å². The van der Waals surface area contributed by atoms with Crippen LogP contribution in [0, 0.1) is 0 Å². The molecular formula is C13H24N4O. The van der Waals surface area contributed by atoms with Crippen molar-refractivity contribution in [2.45, 2.75) is 33.4 Å². The van der Waals surface area contributed by atoms with Crippen LogP contribution in [0.5, 0.6) is 0 Å². The Morgan fingerprint density at radius 2 is 2.11 bits per heavy atom. The van der Waals surface area contributed by atoms with Gasteiger partial charge in [0.15, 0.2) is 0 Å². The molecule has 0 radical (unpaired) electrons. The molecule has 0 aliphatic carbocycles. The summed E-state index contributed by atoms with van der Waals surface area (Å²) in [6.45, 7) is 9.54. The quantitative estimate of drug-likeness (QED) is 0.759. The van der Waals surface area contributed by atoms with Crippen LogP contribution in [-0.4, -0.2) is 42.8 Å². The first kappa shape index (κ1) is 14.9. The molecule has 1 rings (SSSR count). The first-order valence-corrected chi connectivity index (χ1v) is 6.45. The number of nitrogens with one attached hydrogen (secondary N) is 1. The highest BCUT2D eigenvalue weighted by molar-refractivity contribution is 5.35. The van der Waals surface area contributed by atoms with Crippen LogP contribution in [0.15, 0.2) is 12.4 Å². The topological polar surface area (TPSA) is 50.3 Å². The number of rotatable bonds is 8. The molecule has 0 aromatic carbocycles. The van der Waals surface area contributed by atoms with E-state index in [1.807, 2.05) is 12.4 Å². The summed E-state index contributed by atoms with van der Waals surface area (Å²) in [7, 11) is 1.71. The second kappa shape index (κ2) is 8.00. The molecule has 0 unspecified atom stereocenters. The summed E-state index contributed by atoms with van der Waals surface area (Å²) in [5.41, 5.74) is 0.968. The lowest BCUT2D eigenvalue weighted by molar-refractivity contribution is 0.205. The molecule has 0 fully saturated rings. The number of ether oxygens (including phenoxy) is 1. The van der Waals surface area contributed by atoms with Gasteiger partial charge in [0.25, 0.3) is 0 Å². The fourth-order valence-corrected chi connectivity index (χ4v) is 1.55. The summed E-state index contributed by atoms with van der Waals surface area (Å²) in [5.74, 6) is 0.905. The number of anilines is 1. The zero-order valence-electron chi connectivity index (χ0n) is 11.8. The normalized spacial score (nSPS) is 10.9. The molecule has 5 nitrogen and oxygen atoms in total. The van der Waals surface area contributed by atoms with Crippen LogP contribution in [0.3, 0.4) is 0 Å². The van der Waals surface area contributed by atoms with Crippen LogP contribution in [-0.2, 0) is 11.3 Å². The van der Waals surface area contributed by atoms with Gasteiger partial charge in [-0.15, -0.1) is 0 Å². The molecule has 0 spiro atoms. The third kappa shape index (κ3) is 4.98. The lowest BCUT2D eigenvalue weighted by atomic mass is 10.3. The number of hydrogen-bond acceptors (Lipinski definition) is 5. The monoisotopic (exact) mass is 252 g/mol. The van der Waals surface area contributed by atoms with Gasteiger partial charge >= 0.3 is 0 Å². The van der Waals surface area contributed by atoms with Gasteiger partial charge < -0.3 is 15.0 Å². The lowest BCUT2D eigenvalue weighted by Crippen LogP contribution is -2.28. The smallest absolute Gasteiger partial charge is 0.147 e. The minimum absolute atomic E-state index is 0.459. The van der Waals surface area contributed by atoms with Crippen molar-refractivity contribution in [3.63, 3.8) is 0 Å². The Morgan fingerprint density at radius 3 is 2.61 bits per heavy atom. The van der Waals surface area contributed by atoms with Crippen molar-refractivity contribution in [1.29, 1.82) is 0 Å². The van der Waals surface area contributed by atoms with E-state index >= 15 is 0 Å². The number of nitrogens with zero attached hydrogens (tertiary/aromatic N) is 3. The summed E-state index contributed by atoms with van der Waals surface area (Å²) in [6.07, 6.45) is 3.66. The Labute approximate surface area is 110 Å². The maximum atomic E-state index is 5.08. The predicted octanol–water partition coefficient (Wildman–Crippen LogP) is 1.45. The number of likely N-dealkylation sites (N-methyl/N-ethyl adjacent to an activating group) is 1. The van der Waals surface area contributed by atoms with Crippen molar-refractivity contribution in [3.05, 3.63) is 18.1 Å². The van der Waals surface area contributed by atoms with E-state index in [0.29, 0.717) is 12.6 Å². The third-order valence-corrected chi connectivity index (χ3v) is 2.65. The third-order valence-electron chi connectivity index (χ3n) is 2.65. The fraction of sp³-hybridized carbons (Fsp3) is 0.692. The van der Waals surface area contributed by atoms with Crippen LogP contribution >= 0.6 is 0 Å². The van der Waals surface area contributed by atoms with E-state index in [1.54, 1.807) is 7.11 Å². The summed E-state index contributed by atoms with van der Waals surface area (Å²) >= 11 is 0. The average Bonchev–Trinajstić information content (AvgIpc) is 2.38. The zero-order chi connectivity index (χ0) is 13.4. The molecule has 1 aromatic heterocycles. The minimum atomic E-state index is 0.459. The minimum Gasteiger partial charge on any atom is -0.383 e. The van der Waals surface area contributed by atoms with E-state index in [0.717, 1.165) is 31.1 Å². The van der Waals surface area contributed by atoms with Gasteiger partial charge in [-0.25, -0.2) is 4.98 Å². The first-order chi connectivity index (χ1) is 8.67. The molecule has 0 saturated carbocycles. The number of methoxy groups -OCH3 is 1. The Morgan fingerprint density at radius 1 is 1.33 bits per heavy atom. The molecule has 0 atom stereocenters. The molecular weight excluding hydrogens is 228 g/mol. The Bertz CT molecular complexity index is 326. The molecule has 1 N–H and O–H groups in total. The number of aromatic nitrogens is 2. The molecule has 0 aliphatic rings. The van der Waals surface area contributed by atoms with E-state index < -0.39 is 0 Å². The van der Waals surface area contributed by atoms with E-state index in [1.165, 1.54) is 0 Å². The molecule has 1 aromatic rings. The highest BCUT2D eigenvalue weighted by Crippen LogP contribution is 2.08. The van der Waals surface area contributed by atoms with Gasteiger partial charge in [-0.2, -0.15) is 0 Å². The van der Waals surface area contributed by atoms with Gasteiger partial charge in [-0.1, -0.05) is 13.8 Å². The van der Waals surface area contributed by atoms with E-state index in [-0.39, 0.29) is 0 Å². The van der Waals surface area contributed by atoms with Gasteiger partial charge in [-0.05, 0) is 6.92 Å². The van der Waals surface area contributed by atoms with Crippen LogP contribution in [0.25, 0.3) is 0 Å². The van der Waals surface area contributed by atoms with Crippen molar-refractivity contribution >= 4 is 5.82 Å². The van der Waals surface area contributed by atoms with E-state index in [4.69, 9.17) is 4.74 Å². The van der Waals surface area contributed by atoms with Crippen LogP contribution in [0.1, 0.15) is 26.5 Å². The summed E-state index contributed by atoms with van der Waals surface area (Å²) in [4.78, 5) is 11.0. The van der Waals surface area contributed by atoms with Gasteiger partial charge in [0.05, 0.1) is 24.7 Å². The highest BCUT2D eigenvalue weighted by atomic mass is 16.5. The average molecular weight is 252 g/mol. The predicted molar refractivity (Wildman–Crippen MR) is 73.8 cm³/mol. The maximum absolute atomic E-state index is 5.08. The molecule has 5 heteroatoms. The molecule has 1 heterocycles. The van der Waals surface area contributed by atoms with Gasteiger partial charge in [0.1, 0.15) is 5.82 Å². The second-order valence-corrected chi connectivity index (χ2v) is 4.47. The molecule has 0 bridgehead atoms. The van der Waals surface area contributed by atoms with Gasteiger partial charge in [0, 0.05) is 32.8 Å². The van der Waals surface area contributed by atoms with Gasteiger partial charge in [0.2, 0.25) is 0 Å². The molecule has 0 amide bonds. The van der Waals surface area contributed by atoms with Crippen LogP contribution < -0.4 is 10.2 Å². The summed E-state index contributed by atoms with van der Waals surface area (Å²) < 4.78 is 5.08. The molecule has 0 aliphatic heterocycles. The van der Waals surface area contributed by atoms with Crippen molar-refractivity contribution < 1.29 is 4.74 Å². The van der Waals surface area contributed by atoms with Crippen molar-refractivity contribution in [3.8, 4) is 0 Å². The largest absolute Gasteiger partial charge is 0.383 e. The number of hydrogen-bond donors (Lipinski definition) is 1. The zero-order valence-corrected chi connectivity index (χ0v) is 11.8. The molecule has 102 valence electrons.